The zero-order chi connectivity index (χ0) is 9.68. The largest absolute Gasteiger partial charge is 0.854 e. The summed E-state index contributed by atoms with van der Waals surface area (Å²) in [5.41, 5.74) is 0.217. The highest BCUT2D eigenvalue weighted by molar-refractivity contribution is 5.94. The highest BCUT2D eigenvalue weighted by Gasteiger charge is 2.05. The molecule has 3 nitrogen and oxygen atoms in total. The number of carbonyl (C=O) groups is 1. The molecule has 0 atom stereocenters. The molecule has 0 N–H and O–H groups in total. The second-order valence-electron chi connectivity index (χ2n) is 2.59. The van der Waals surface area contributed by atoms with Crippen molar-refractivity contribution in [3.63, 3.8) is 0 Å². The summed E-state index contributed by atoms with van der Waals surface area (Å²) in [6.45, 7) is -0.271. The van der Waals surface area contributed by atoms with Crippen LogP contribution >= 0.6 is 0 Å². The summed E-state index contributed by atoms with van der Waals surface area (Å²) in [7, 11) is 0. The molecule has 0 unspecified atom stereocenters. The van der Waals surface area contributed by atoms with E-state index in [2.05, 4.69) is 4.98 Å². The molecule has 0 aliphatic heterocycles. The lowest BCUT2D eigenvalue weighted by Crippen LogP contribution is -2.09. The molecule has 0 radical (unpaired) electrons. The normalized spacial score (nSPS) is 10.0. The third kappa shape index (κ3) is 2.91. The number of ketones is 1. The van der Waals surface area contributed by atoms with Gasteiger partial charge in [-0.2, -0.15) is 0 Å². The molecule has 0 fully saturated rings. The lowest BCUT2D eigenvalue weighted by molar-refractivity contribution is -0.368. The monoisotopic (exact) mass is 182 g/mol. The van der Waals surface area contributed by atoms with E-state index < -0.39 is 5.82 Å². The molecular formula is C9H9FNO2-. The van der Waals surface area contributed by atoms with Gasteiger partial charge in [0.15, 0.2) is 5.78 Å². The molecular weight excluding hydrogens is 173 g/mol. The molecule has 0 aromatic carbocycles. The van der Waals surface area contributed by atoms with Crippen LogP contribution < -0.4 is 5.11 Å². The molecule has 0 aliphatic rings. The van der Waals surface area contributed by atoms with Gasteiger partial charge in [-0.05, 0) is 12.1 Å². The SMILES string of the molecule is O=C(CCC[O-])c1ccc(F)cn1. The Bertz CT molecular complexity index is 284. The van der Waals surface area contributed by atoms with E-state index in [0.29, 0.717) is 6.42 Å². The van der Waals surface area contributed by atoms with Crippen LogP contribution in [0.3, 0.4) is 0 Å². The van der Waals surface area contributed by atoms with Crippen molar-refractivity contribution in [2.24, 2.45) is 0 Å². The van der Waals surface area contributed by atoms with Crippen molar-refractivity contribution in [2.75, 3.05) is 6.61 Å². The molecule has 1 aromatic heterocycles. The maximum Gasteiger partial charge on any atom is 0.181 e. The molecule has 1 aromatic rings. The fourth-order valence-corrected chi connectivity index (χ4v) is 0.902. The summed E-state index contributed by atoms with van der Waals surface area (Å²) in [6, 6.07) is 2.50. The Labute approximate surface area is 75.2 Å². The van der Waals surface area contributed by atoms with Gasteiger partial charge in [0.2, 0.25) is 0 Å². The fraction of sp³-hybridized carbons (Fsp3) is 0.333. The van der Waals surface area contributed by atoms with Crippen LogP contribution in [0.5, 0.6) is 0 Å². The molecule has 0 saturated heterocycles. The molecule has 0 amide bonds. The van der Waals surface area contributed by atoms with Crippen molar-refractivity contribution in [1.82, 2.24) is 4.98 Å². The Morgan fingerprint density at radius 3 is 2.85 bits per heavy atom. The molecule has 70 valence electrons. The minimum absolute atomic E-state index is 0.183. The summed E-state index contributed by atoms with van der Waals surface area (Å²) < 4.78 is 12.4. The van der Waals surface area contributed by atoms with Gasteiger partial charge in [0.25, 0.3) is 0 Å². The van der Waals surface area contributed by atoms with Gasteiger partial charge in [-0.1, -0.05) is 6.42 Å². The van der Waals surface area contributed by atoms with E-state index in [1.807, 2.05) is 0 Å². The average molecular weight is 182 g/mol. The standard InChI is InChI=1S/C9H9FNO2/c10-7-3-4-8(11-6-7)9(13)2-1-5-12/h3-4,6H,1-2,5H2/q-1. The van der Waals surface area contributed by atoms with E-state index in [-0.39, 0.29) is 24.5 Å². The number of aromatic nitrogens is 1. The Kier molecular flexibility index (Phi) is 3.52. The van der Waals surface area contributed by atoms with Crippen LogP contribution in [0.2, 0.25) is 0 Å². The molecule has 1 rings (SSSR count). The molecule has 0 saturated carbocycles. The summed E-state index contributed by atoms with van der Waals surface area (Å²) in [5, 5.41) is 10.1. The van der Waals surface area contributed by atoms with Crippen LogP contribution in [0.1, 0.15) is 23.3 Å². The van der Waals surface area contributed by atoms with Gasteiger partial charge in [0.05, 0.1) is 6.20 Å². The van der Waals surface area contributed by atoms with E-state index in [9.17, 15) is 14.3 Å². The topological polar surface area (TPSA) is 53.0 Å². The van der Waals surface area contributed by atoms with Crippen LogP contribution in [0.15, 0.2) is 18.3 Å². The van der Waals surface area contributed by atoms with Crippen LogP contribution in [-0.2, 0) is 0 Å². The number of pyridine rings is 1. The Morgan fingerprint density at radius 2 is 2.31 bits per heavy atom. The molecule has 1 heterocycles. The lowest BCUT2D eigenvalue weighted by Gasteiger charge is -2.01. The van der Waals surface area contributed by atoms with E-state index in [4.69, 9.17) is 0 Å². The van der Waals surface area contributed by atoms with Gasteiger partial charge in [-0.25, -0.2) is 4.39 Å². The number of carbonyl (C=O) groups excluding carboxylic acids is 1. The highest BCUT2D eigenvalue weighted by Crippen LogP contribution is 2.02. The first-order valence-corrected chi connectivity index (χ1v) is 3.97. The lowest BCUT2D eigenvalue weighted by atomic mass is 10.1. The highest BCUT2D eigenvalue weighted by atomic mass is 19.1. The van der Waals surface area contributed by atoms with Crippen molar-refractivity contribution in [1.29, 1.82) is 0 Å². The van der Waals surface area contributed by atoms with E-state index in [1.165, 1.54) is 12.1 Å². The summed E-state index contributed by atoms with van der Waals surface area (Å²) >= 11 is 0. The number of hydrogen-bond acceptors (Lipinski definition) is 3. The Hall–Kier alpha value is -1.29. The second-order valence-corrected chi connectivity index (χ2v) is 2.59. The van der Waals surface area contributed by atoms with Crippen LogP contribution in [0, 0.1) is 5.82 Å². The molecule has 0 aliphatic carbocycles. The minimum Gasteiger partial charge on any atom is -0.854 e. The van der Waals surface area contributed by atoms with E-state index >= 15 is 0 Å². The number of Topliss-reactive ketones (excluding diaryl/α,β-unsaturated/α-hetero) is 1. The Morgan fingerprint density at radius 1 is 1.54 bits per heavy atom. The first-order chi connectivity index (χ1) is 6.24. The van der Waals surface area contributed by atoms with Crippen LogP contribution in [-0.4, -0.2) is 17.4 Å². The third-order valence-corrected chi connectivity index (χ3v) is 1.56. The number of rotatable bonds is 4. The number of nitrogens with zero attached hydrogens (tertiary/aromatic N) is 1. The average Bonchev–Trinajstić information content (AvgIpc) is 2.15. The zero-order valence-corrected chi connectivity index (χ0v) is 7.00. The molecule has 0 bridgehead atoms. The number of halogens is 1. The Balaban J connectivity index is 2.61. The summed E-state index contributed by atoms with van der Waals surface area (Å²) in [5.74, 6) is -0.684. The first-order valence-electron chi connectivity index (χ1n) is 3.97. The maximum absolute atomic E-state index is 12.4. The molecule has 0 spiro atoms. The molecule has 4 heteroatoms. The second kappa shape index (κ2) is 4.67. The predicted molar refractivity (Wildman–Crippen MR) is 42.6 cm³/mol. The van der Waals surface area contributed by atoms with Gasteiger partial charge in [0.1, 0.15) is 11.5 Å². The van der Waals surface area contributed by atoms with Gasteiger partial charge < -0.3 is 5.11 Å². The first kappa shape index (κ1) is 9.80. The van der Waals surface area contributed by atoms with Crippen molar-refractivity contribution in [2.45, 2.75) is 12.8 Å². The summed E-state index contributed by atoms with van der Waals surface area (Å²) in [6.07, 6.45) is 1.48. The van der Waals surface area contributed by atoms with Crippen LogP contribution in [0.25, 0.3) is 0 Å². The van der Waals surface area contributed by atoms with Crippen molar-refractivity contribution in [3.05, 3.63) is 29.8 Å². The third-order valence-electron chi connectivity index (χ3n) is 1.56. The van der Waals surface area contributed by atoms with Crippen molar-refractivity contribution < 1.29 is 14.3 Å². The van der Waals surface area contributed by atoms with Gasteiger partial charge in [-0.15, -0.1) is 6.61 Å². The quantitative estimate of drug-likeness (QED) is 0.639. The number of hydrogen-bond donors (Lipinski definition) is 0. The van der Waals surface area contributed by atoms with Gasteiger partial charge in [0, 0.05) is 6.42 Å². The zero-order valence-electron chi connectivity index (χ0n) is 7.00. The van der Waals surface area contributed by atoms with E-state index in [1.54, 1.807) is 0 Å². The van der Waals surface area contributed by atoms with Crippen molar-refractivity contribution in [3.8, 4) is 0 Å². The van der Waals surface area contributed by atoms with E-state index in [0.717, 1.165) is 6.20 Å². The molecule has 13 heavy (non-hydrogen) atoms. The van der Waals surface area contributed by atoms with Crippen molar-refractivity contribution >= 4 is 5.78 Å². The minimum atomic E-state index is -0.472. The van der Waals surface area contributed by atoms with Crippen LogP contribution in [0.4, 0.5) is 4.39 Å². The summed E-state index contributed by atoms with van der Waals surface area (Å²) in [4.78, 5) is 14.8. The predicted octanol–water partition coefficient (Wildman–Crippen LogP) is 0.544. The van der Waals surface area contributed by atoms with Gasteiger partial charge in [-0.3, -0.25) is 9.78 Å². The maximum atomic E-state index is 12.4. The smallest absolute Gasteiger partial charge is 0.181 e. The fourth-order valence-electron chi connectivity index (χ4n) is 0.902. The van der Waals surface area contributed by atoms with Gasteiger partial charge >= 0.3 is 0 Å².